The van der Waals surface area contributed by atoms with E-state index >= 15 is 0 Å². The summed E-state index contributed by atoms with van der Waals surface area (Å²) in [6.45, 7) is 0. The van der Waals surface area contributed by atoms with Gasteiger partial charge >= 0.3 is 5.69 Å². The Kier molecular flexibility index (Phi) is 3.92. The van der Waals surface area contributed by atoms with Gasteiger partial charge in [-0.1, -0.05) is 0 Å². The maximum absolute atomic E-state index is 14.6. The van der Waals surface area contributed by atoms with Gasteiger partial charge in [-0.05, 0) is 12.1 Å². The van der Waals surface area contributed by atoms with Crippen molar-refractivity contribution in [1.29, 1.82) is 0 Å². The zero-order chi connectivity index (χ0) is 21.0. The Morgan fingerprint density at radius 1 is 1.13 bits per heavy atom. The lowest BCUT2D eigenvalue weighted by Crippen LogP contribution is -2.21. The summed E-state index contributed by atoms with van der Waals surface area (Å²) in [6.07, 6.45) is 7.76. The smallest absolute Gasteiger partial charge is 0.333 e. The maximum atomic E-state index is 14.6. The van der Waals surface area contributed by atoms with Crippen LogP contribution in [0.1, 0.15) is 0 Å². The number of aromatic nitrogens is 6. The van der Waals surface area contributed by atoms with E-state index in [-0.39, 0.29) is 11.4 Å². The van der Waals surface area contributed by atoms with E-state index in [0.717, 1.165) is 17.3 Å². The molecule has 150 valence electrons. The lowest BCUT2D eigenvalue weighted by molar-refractivity contribution is 0.417. The fourth-order valence-corrected chi connectivity index (χ4v) is 3.75. The number of hydrogen-bond acceptors (Lipinski definition) is 5. The average Bonchev–Trinajstić information content (AvgIpc) is 3.29. The normalized spacial score (nSPS) is 11.5. The van der Waals surface area contributed by atoms with E-state index < -0.39 is 5.82 Å². The SMILES string of the molecule is COc1cc2ncc3c(c2cc1-c1cnn(C)c1)n(-c1ccncc1F)c(=O)n3C. The predicted octanol–water partition coefficient (Wildman–Crippen LogP) is 2.82. The molecule has 0 N–H and O–H groups in total. The van der Waals surface area contributed by atoms with Crippen molar-refractivity contribution >= 4 is 21.9 Å². The maximum Gasteiger partial charge on any atom is 0.333 e. The number of ether oxygens (including phenoxy) is 1. The Labute approximate surface area is 169 Å². The molecule has 4 aromatic heterocycles. The molecule has 0 radical (unpaired) electrons. The van der Waals surface area contributed by atoms with E-state index in [1.807, 2.05) is 25.4 Å². The summed E-state index contributed by atoms with van der Waals surface area (Å²) < 4.78 is 24.7. The Hall–Kier alpha value is -4.01. The first-order chi connectivity index (χ1) is 14.5. The number of imidazole rings is 1. The molecule has 5 rings (SSSR count). The summed E-state index contributed by atoms with van der Waals surface area (Å²) in [4.78, 5) is 21.3. The Bertz CT molecular complexity index is 1500. The molecule has 0 unspecified atom stereocenters. The van der Waals surface area contributed by atoms with Gasteiger partial charge in [0.2, 0.25) is 0 Å². The molecular formula is C21H17FN6O2. The molecule has 5 aromatic rings. The highest BCUT2D eigenvalue weighted by Crippen LogP contribution is 2.36. The lowest BCUT2D eigenvalue weighted by atomic mass is 10.0. The molecule has 0 saturated heterocycles. The molecule has 0 aliphatic carbocycles. The summed E-state index contributed by atoms with van der Waals surface area (Å²) in [5.74, 6) is 0.0420. The van der Waals surface area contributed by atoms with Crippen molar-refractivity contribution in [3.8, 4) is 22.6 Å². The second kappa shape index (κ2) is 6.51. The van der Waals surface area contributed by atoms with Crippen LogP contribution >= 0.6 is 0 Å². The third kappa shape index (κ3) is 2.52. The minimum absolute atomic E-state index is 0.131. The van der Waals surface area contributed by atoms with Crippen molar-refractivity contribution in [2.45, 2.75) is 0 Å². The molecule has 9 heteroatoms. The van der Waals surface area contributed by atoms with E-state index in [4.69, 9.17) is 4.74 Å². The van der Waals surface area contributed by atoms with Crippen LogP contribution < -0.4 is 10.4 Å². The van der Waals surface area contributed by atoms with Gasteiger partial charge < -0.3 is 4.74 Å². The van der Waals surface area contributed by atoms with E-state index in [2.05, 4.69) is 15.1 Å². The third-order valence-electron chi connectivity index (χ3n) is 5.21. The first-order valence-electron chi connectivity index (χ1n) is 9.16. The number of aryl methyl sites for hydroxylation is 2. The molecule has 0 amide bonds. The zero-order valence-electron chi connectivity index (χ0n) is 16.5. The number of nitrogens with zero attached hydrogens (tertiary/aromatic N) is 6. The monoisotopic (exact) mass is 404 g/mol. The van der Waals surface area contributed by atoms with Crippen LogP contribution in [-0.4, -0.2) is 36.0 Å². The largest absolute Gasteiger partial charge is 0.496 e. The van der Waals surface area contributed by atoms with Crippen LogP contribution in [0, 0.1) is 5.82 Å². The highest BCUT2D eigenvalue weighted by atomic mass is 19.1. The van der Waals surface area contributed by atoms with Crippen molar-refractivity contribution in [2.75, 3.05) is 7.11 Å². The second-order valence-electron chi connectivity index (χ2n) is 6.97. The van der Waals surface area contributed by atoms with Crippen molar-refractivity contribution in [3.63, 3.8) is 0 Å². The van der Waals surface area contributed by atoms with Crippen LogP contribution in [0.4, 0.5) is 4.39 Å². The molecule has 0 aliphatic heterocycles. The van der Waals surface area contributed by atoms with Crippen LogP contribution in [0.2, 0.25) is 0 Å². The number of halogens is 1. The van der Waals surface area contributed by atoms with Gasteiger partial charge in [-0.2, -0.15) is 5.10 Å². The molecule has 0 saturated carbocycles. The molecule has 0 atom stereocenters. The molecular weight excluding hydrogens is 387 g/mol. The molecule has 0 fully saturated rings. The van der Waals surface area contributed by atoms with Gasteiger partial charge in [-0.25, -0.2) is 9.18 Å². The zero-order valence-corrected chi connectivity index (χ0v) is 16.5. The van der Waals surface area contributed by atoms with Crippen LogP contribution in [0.15, 0.2) is 54.0 Å². The third-order valence-corrected chi connectivity index (χ3v) is 5.21. The van der Waals surface area contributed by atoms with E-state index in [1.165, 1.54) is 21.4 Å². The Balaban J connectivity index is 1.95. The molecule has 0 aliphatic rings. The van der Waals surface area contributed by atoms with Gasteiger partial charge in [0.1, 0.15) is 5.75 Å². The first kappa shape index (κ1) is 18.0. The van der Waals surface area contributed by atoms with Crippen LogP contribution in [0.3, 0.4) is 0 Å². The molecule has 0 bridgehead atoms. The van der Waals surface area contributed by atoms with Crippen molar-refractivity contribution in [2.24, 2.45) is 14.1 Å². The summed E-state index contributed by atoms with van der Waals surface area (Å²) in [5, 5.41) is 4.93. The minimum atomic E-state index is -0.585. The van der Waals surface area contributed by atoms with Gasteiger partial charge in [0.15, 0.2) is 5.82 Å². The number of hydrogen-bond donors (Lipinski definition) is 0. The topological polar surface area (TPSA) is 79.8 Å². The second-order valence-corrected chi connectivity index (χ2v) is 6.97. The summed E-state index contributed by atoms with van der Waals surface area (Å²) >= 11 is 0. The van der Waals surface area contributed by atoms with Crippen LogP contribution in [0.5, 0.6) is 5.75 Å². The number of pyridine rings is 2. The first-order valence-corrected chi connectivity index (χ1v) is 9.16. The molecule has 0 spiro atoms. The van der Waals surface area contributed by atoms with Crippen molar-refractivity contribution in [1.82, 2.24) is 28.9 Å². The number of methoxy groups -OCH3 is 1. The van der Waals surface area contributed by atoms with Gasteiger partial charge in [0.25, 0.3) is 0 Å². The minimum Gasteiger partial charge on any atom is -0.496 e. The Morgan fingerprint density at radius 2 is 1.97 bits per heavy atom. The van der Waals surface area contributed by atoms with Crippen molar-refractivity contribution < 1.29 is 9.13 Å². The highest BCUT2D eigenvalue weighted by molar-refractivity contribution is 6.05. The van der Waals surface area contributed by atoms with Crippen molar-refractivity contribution in [3.05, 3.63) is 65.5 Å². The van der Waals surface area contributed by atoms with Gasteiger partial charge in [-0.15, -0.1) is 0 Å². The van der Waals surface area contributed by atoms with Gasteiger partial charge in [0, 0.05) is 49.1 Å². The molecule has 4 heterocycles. The van der Waals surface area contributed by atoms with Gasteiger partial charge in [-0.3, -0.25) is 23.8 Å². The van der Waals surface area contributed by atoms with E-state index in [1.54, 1.807) is 31.2 Å². The van der Waals surface area contributed by atoms with Gasteiger partial charge in [0.05, 0.1) is 47.9 Å². The number of benzene rings is 1. The number of fused-ring (bicyclic) bond motifs is 3. The fourth-order valence-electron chi connectivity index (χ4n) is 3.75. The molecule has 1 aromatic carbocycles. The van der Waals surface area contributed by atoms with Crippen LogP contribution in [0.25, 0.3) is 38.8 Å². The standard InChI is InChI=1S/C21H17FN6O2/c1-26-11-12(8-25-26)13-6-14-16(7-19(13)30-3)24-10-18-20(14)28(21(29)27(18)2)17-4-5-23-9-15(17)22/h4-11H,1-3H3. The number of rotatable bonds is 3. The van der Waals surface area contributed by atoms with E-state index in [9.17, 15) is 9.18 Å². The Morgan fingerprint density at radius 3 is 2.67 bits per heavy atom. The average molecular weight is 404 g/mol. The van der Waals surface area contributed by atoms with Crippen LogP contribution in [-0.2, 0) is 14.1 Å². The summed E-state index contributed by atoms with van der Waals surface area (Å²) in [6, 6.07) is 5.19. The lowest BCUT2D eigenvalue weighted by Gasteiger charge is -2.11. The quantitative estimate of drug-likeness (QED) is 0.462. The molecule has 30 heavy (non-hydrogen) atoms. The fraction of sp³-hybridized carbons (Fsp3) is 0.143. The summed E-state index contributed by atoms with van der Waals surface area (Å²) in [5.41, 5.74) is 3.19. The molecule has 8 nitrogen and oxygen atoms in total. The van der Waals surface area contributed by atoms with E-state index in [0.29, 0.717) is 27.7 Å². The summed E-state index contributed by atoms with van der Waals surface area (Å²) in [7, 11) is 5.06. The predicted molar refractivity (Wildman–Crippen MR) is 110 cm³/mol. The highest BCUT2D eigenvalue weighted by Gasteiger charge is 2.20.